The van der Waals surface area contributed by atoms with E-state index in [1.807, 2.05) is 6.92 Å². The summed E-state index contributed by atoms with van der Waals surface area (Å²) in [7, 11) is 0. The fourth-order valence-corrected chi connectivity index (χ4v) is 3.94. The molecular weight excluding hydrogens is 381 g/mol. The third-order valence-corrected chi connectivity index (χ3v) is 5.57. The van der Waals surface area contributed by atoms with Crippen LogP contribution >= 0.6 is 11.8 Å². The minimum Gasteiger partial charge on any atom is -0.376 e. The van der Waals surface area contributed by atoms with Crippen molar-refractivity contribution in [1.29, 1.82) is 0 Å². The molecule has 7 nitrogen and oxygen atoms in total. The van der Waals surface area contributed by atoms with Crippen molar-refractivity contribution in [3.63, 3.8) is 0 Å². The topological polar surface area (TPSA) is 81.9 Å². The minimum absolute atomic E-state index is 0.0797. The molecule has 9 heteroatoms. The molecule has 3 heterocycles. The molecule has 146 valence electrons. The lowest BCUT2D eigenvalue weighted by atomic mass is 10.2. The highest BCUT2D eigenvalue weighted by Crippen LogP contribution is 2.28. The maximum Gasteiger partial charge on any atom is 0.230 e. The first-order valence-electron chi connectivity index (χ1n) is 9.10. The molecule has 0 spiro atoms. The van der Waals surface area contributed by atoms with Gasteiger partial charge in [-0.1, -0.05) is 11.8 Å². The highest BCUT2D eigenvalue weighted by atomic mass is 32.2. The summed E-state index contributed by atoms with van der Waals surface area (Å²) in [6, 6.07) is 6.08. The van der Waals surface area contributed by atoms with E-state index in [1.165, 1.54) is 23.9 Å². The van der Waals surface area contributed by atoms with Crippen LogP contribution in [0.5, 0.6) is 0 Å². The molecule has 1 aliphatic heterocycles. The summed E-state index contributed by atoms with van der Waals surface area (Å²) in [5.74, 6) is -0.175. The molecule has 1 aromatic carbocycles. The Kier molecular flexibility index (Phi) is 5.54. The normalized spacial score (nSPS) is 16.6. The first-order valence-corrected chi connectivity index (χ1v) is 10.1. The van der Waals surface area contributed by atoms with Crippen LogP contribution in [0.4, 0.5) is 4.39 Å². The quantitative estimate of drug-likeness (QED) is 0.640. The first kappa shape index (κ1) is 18.8. The van der Waals surface area contributed by atoms with E-state index >= 15 is 0 Å². The second kappa shape index (κ2) is 8.24. The van der Waals surface area contributed by atoms with Crippen molar-refractivity contribution in [2.45, 2.75) is 30.9 Å². The number of halogens is 1. The minimum atomic E-state index is -0.311. The lowest BCUT2D eigenvalue weighted by Gasteiger charge is -2.11. The predicted molar refractivity (Wildman–Crippen MR) is 104 cm³/mol. The summed E-state index contributed by atoms with van der Waals surface area (Å²) >= 11 is 1.30. The zero-order chi connectivity index (χ0) is 19.5. The van der Waals surface area contributed by atoms with E-state index in [0.717, 1.165) is 36.0 Å². The van der Waals surface area contributed by atoms with Gasteiger partial charge in [-0.05, 0) is 44.0 Å². The molecule has 1 saturated heterocycles. The number of carbonyl (C=O) groups is 1. The fraction of sp³-hybridized carbons (Fsp3) is 0.368. The monoisotopic (exact) mass is 401 g/mol. The lowest BCUT2D eigenvalue weighted by molar-refractivity contribution is -0.119. The Morgan fingerprint density at radius 1 is 1.36 bits per heavy atom. The van der Waals surface area contributed by atoms with E-state index in [9.17, 15) is 9.18 Å². The number of hydrogen-bond acceptors (Lipinski definition) is 6. The standard InChI is InChI=1S/C19H20FN5O2S/c1-12-16-10-22-25(14-6-4-13(20)5-7-14)18(16)19(24-23-12)28-11-17(26)21-9-15-3-2-8-27-15/h4-7,10,15H,2-3,8-9,11H2,1H3,(H,21,26)/t15-/m0/s1. The largest absolute Gasteiger partial charge is 0.376 e. The van der Waals surface area contributed by atoms with Crippen molar-refractivity contribution in [3.05, 3.63) is 42.0 Å². The highest BCUT2D eigenvalue weighted by molar-refractivity contribution is 8.00. The van der Waals surface area contributed by atoms with Gasteiger partial charge in [0, 0.05) is 18.5 Å². The summed E-state index contributed by atoms with van der Waals surface area (Å²) in [5.41, 5.74) is 2.22. The average Bonchev–Trinajstić information content (AvgIpc) is 3.37. The van der Waals surface area contributed by atoms with Crippen molar-refractivity contribution in [2.24, 2.45) is 0 Å². The number of amides is 1. The molecule has 0 bridgehead atoms. The first-order chi connectivity index (χ1) is 13.6. The van der Waals surface area contributed by atoms with Gasteiger partial charge in [0.2, 0.25) is 5.91 Å². The molecule has 2 aromatic heterocycles. The van der Waals surface area contributed by atoms with Gasteiger partial charge in [-0.3, -0.25) is 4.79 Å². The smallest absolute Gasteiger partial charge is 0.230 e. The number of ether oxygens (including phenoxy) is 1. The van der Waals surface area contributed by atoms with Crippen LogP contribution in [0.1, 0.15) is 18.5 Å². The van der Waals surface area contributed by atoms with Crippen molar-refractivity contribution in [3.8, 4) is 5.69 Å². The molecule has 3 aromatic rings. The third kappa shape index (κ3) is 4.00. The molecule has 1 atom stereocenters. The number of aryl methyl sites for hydroxylation is 1. The Labute approximate surface area is 165 Å². The van der Waals surface area contributed by atoms with E-state index in [0.29, 0.717) is 17.3 Å². The Balaban J connectivity index is 1.53. The summed E-state index contributed by atoms with van der Waals surface area (Å²) < 4.78 is 20.5. The number of fused-ring (bicyclic) bond motifs is 1. The Morgan fingerprint density at radius 3 is 2.93 bits per heavy atom. The molecule has 1 fully saturated rings. The maximum atomic E-state index is 13.3. The average molecular weight is 401 g/mol. The highest BCUT2D eigenvalue weighted by Gasteiger charge is 2.18. The van der Waals surface area contributed by atoms with Crippen LogP contribution in [-0.4, -0.2) is 50.9 Å². The SMILES string of the molecule is Cc1nnc(SCC(=O)NC[C@@H]2CCCO2)c2c1cnn2-c1ccc(F)cc1. The van der Waals surface area contributed by atoms with Crippen LogP contribution in [0.15, 0.2) is 35.5 Å². The van der Waals surface area contributed by atoms with Gasteiger partial charge in [-0.15, -0.1) is 5.10 Å². The van der Waals surface area contributed by atoms with Crippen LogP contribution in [0, 0.1) is 12.7 Å². The van der Waals surface area contributed by atoms with Gasteiger partial charge in [-0.2, -0.15) is 10.2 Å². The van der Waals surface area contributed by atoms with Crippen molar-refractivity contribution < 1.29 is 13.9 Å². The molecular formula is C19H20FN5O2S. The van der Waals surface area contributed by atoms with Gasteiger partial charge < -0.3 is 10.1 Å². The Hall–Kier alpha value is -2.52. The number of nitrogens with zero attached hydrogens (tertiary/aromatic N) is 4. The number of thioether (sulfide) groups is 1. The van der Waals surface area contributed by atoms with Gasteiger partial charge in [-0.25, -0.2) is 9.07 Å². The van der Waals surface area contributed by atoms with E-state index in [2.05, 4.69) is 20.6 Å². The molecule has 0 radical (unpaired) electrons. The molecule has 1 N–H and O–H groups in total. The Morgan fingerprint density at radius 2 is 2.18 bits per heavy atom. The van der Waals surface area contributed by atoms with Gasteiger partial charge in [0.25, 0.3) is 0 Å². The third-order valence-electron chi connectivity index (χ3n) is 4.61. The molecule has 28 heavy (non-hydrogen) atoms. The Bertz CT molecular complexity index is 986. The fourth-order valence-electron chi connectivity index (χ4n) is 3.13. The molecule has 0 aliphatic carbocycles. The molecule has 0 unspecified atom stereocenters. The second-order valence-electron chi connectivity index (χ2n) is 6.61. The van der Waals surface area contributed by atoms with Crippen molar-refractivity contribution >= 4 is 28.6 Å². The zero-order valence-corrected chi connectivity index (χ0v) is 16.2. The molecule has 0 saturated carbocycles. The van der Waals surface area contributed by atoms with Crippen molar-refractivity contribution in [1.82, 2.24) is 25.3 Å². The van der Waals surface area contributed by atoms with E-state index in [-0.39, 0.29) is 23.6 Å². The van der Waals surface area contributed by atoms with Gasteiger partial charge >= 0.3 is 0 Å². The van der Waals surface area contributed by atoms with Crippen LogP contribution in [0.3, 0.4) is 0 Å². The van der Waals surface area contributed by atoms with Crippen LogP contribution in [0.2, 0.25) is 0 Å². The maximum absolute atomic E-state index is 13.3. The van der Waals surface area contributed by atoms with E-state index in [4.69, 9.17) is 4.74 Å². The summed E-state index contributed by atoms with van der Waals surface area (Å²) in [4.78, 5) is 12.2. The molecule has 4 rings (SSSR count). The van der Waals surface area contributed by atoms with Crippen LogP contribution in [-0.2, 0) is 9.53 Å². The number of aromatic nitrogens is 4. The van der Waals surface area contributed by atoms with Gasteiger partial charge in [0.1, 0.15) is 16.4 Å². The number of rotatable bonds is 6. The summed E-state index contributed by atoms with van der Waals surface area (Å²) in [6.45, 7) is 3.15. The second-order valence-corrected chi connectivity index (χ2v) is 7.58. The summed E-state index contributed by atoms with van der Waals surface area (Å²) in [6.07, 6.45) is 3.85. The molecule has 1 amide bonds. The number of carbonyl (C=O) groups excluding carboxylic acids is 1. The van der Waals surface area contributed by atoms with Gasteiger partial charge in [0.15, 0.2) is 0 Å². The van der Waals surface area contributed by atoms with Crippen molar-refractivity contribution in [2.75, 3.05) is 18.9 Å². The van der Waals surface area contributed by atoms with Gasteiger partial charge in [0.05, 0.1) is 29.4 Å². The summed E-state index contributed by atoms with van der Waals surface area (Å²) in [5, 5.41) is 17.2. The zero-order valence-electron chi connectivity index (χ0n) is 15.4. The molecule has 1 aliphatic rings. The van der Waals surface area contributed by atoms with E-state index in [1.54, 1.807) is 23.0 Å². The van der Waals surface area contributed by atoms with Crippen LogP contribution in [0.25, 0.3) is 16.6 Å². The van der Waals surface area contributed by atoms with E-state index < -0.39 is 0 Å². The number of benzene rings is 1. The predicted octanol–water partition coefficient (Wildman–Crippen LogP) is 2.65. The number of hydrogen-bond donors (Lipinski definition) is 1. The lowest BCUT2D eigenvalue weighted by Crippen LogP contribution is -2.32. The van der Waals surface area contributed by atoms with Crippen LogP contribution < -0.4 is 5.32 Å². The number of nitrogens with one attached hydrogen (secondary N) is 1.